The standard InChI is InChI=1S/C26H24ClF3N4O2S3.C4H5NO2/c1-4-20(35)34-12(2)7-32(8-13(34)3)24-15-6-16(26(28,29)30)21(17-5-14(27)10-37-17)23-22(15)33(25(36)31-24)9-18-19(39-18)11-38-23;1-3-2-4(6)5-7-3/h4-6,10,12-13,18-19H,1,7-9,11H2,2-3H3;2H,1H3,(H,5,6). The summed E-state index contributed by atoms with van der Waals surface area (Å²) in [4.78, 5) is 44.9. The molecule has 46 heavy (non-hydrogen) atoms. The topological polar surface area (TPSA) is 104 Å². The van der Waals surface area contributed by atoms with Crippen molar-refractivity contribution in [3.05, 3.63) is 73.4 Å². The first-order valence-corrected chi connectivity index (χ1v) is 17.5. The van der Waals surface area contributed by atoms with Crippen LogP contribution >= 0.6 is 46.5 Å². The zero-order chi connectivity index (χ0) is 33.1. The highest BCUT2D eigenvalue weighted by Crippen LogP contribution is 2.53. The molecule has 7 rings (SSSR count). The quantitative estimate of drug-likeness (QED) is 0.196. The van der Waals surface area contributed by atoms with Crippen LogP contribution in [0, 0.1) is 6.92 Å². The number of carbonyl (C=O) groups excluding carboxylic acids is 1. The van der Waals surface area contributed by atoms with Crippen LogP contribution in [0.25, 0.3) is 21.3 Å². The molecule has 1 N–H and O–H groups in total. The Morgan fingerprint density at radius 2 is 1.87 bits per heavy atom. The molecule has 1 amide bonds. The van der Waals surface area contributed by atoms with Gasteiger partial charge in [-0.25, -0.2) is 4.79 Å². The molecule has 244 valence electrons. The molecular weight excluding hydrogens is 683 g/mol. The zero-order valence-corrected chi connectivity index (χ0v) is 28.1. The van der Waals surface area contributed by atoms with Crippen molar-refractivity contribution in [2.45, 2.75) is 61.0 Å². The molecule has 0 bridgehead atoms. The van der Waals surface area contributed by atoms with Crippen molar-refractivity contribution in [3.63, 3.8) is 0 Å². The number of aromatic nitrogens is 3. The Hall–Kier alpha value is -3.14. The van der Waals surface area contributed by atoms with E-state index < -0.39 is 17.4 Å². The normalized spacial score (nSPS) is 22.4. The minimum absolute atomic E-state index is 0.0643. The van der Waals surface area contributed by atoms with Gasteiger partial charge in [0.15, 0.2) is 0 Å². The van der Waals surface area contributed by atoms with Crippen LogP contribution in [0.1, 0.15) is 25.2 Å². The number of thioether (sulfide) groups is 2. The summed E-state index contributed by atoms with van der Waals surface area (Å²) in [5, 5.41) is 4.92. The van der Waals surface area contributed by atoms with Gasteiger partial charge in [0, 0.05) is 80.1 Å². The Balaban J connectivity index is 0.000000471. The number of aromatic amines is 1. The molecule has 3 aromatic heterocycles. The van der Waals surface area contributed by atoms with Gasteiger partial charge < -0.3 is 14.3 Å². The Kier molecular flexibility index (Phi) is 8.89. The van der Waals surface area contributed by atoms with E-state index in [1.165, 1.54) is 23.9 Å². The van der Waals surface area contributed by atoms with E-state index in [-0.39, 0.29) is 45.4 Å². The third-order valence-electron chi connectivity index (χ3n) is 8.05. The fourth-order valence-electron chi connectivity index (χ4n) is 6.10. The summed E-state index contributed by atoms with van der Waals surface area (Å²) in [5.41, 5.74) is -0.885. The Morgan fingerprint density at radius 1 is 1.15 bits per heavy atom. The minimum Gasteiger partial charge on any atom is -0.384 e. The number of benzene rings is 1. The predicted molar refractivity (Wildman–Crippen MR) is 177 cm³/mol. The van der Waals surface area contributed by atoms with Gasteiger partial charge in [-0.3, -0.25) is 14.2 Å². The van der Waals surface area contributed by atoms with E-state index in [4.69, 9.17) is 11.6 Å². The van der Waals surface area contributed by atoms with Crippen LogP contribution in [0.3, 0.4) is 0 Å². The first kappa shape index (κ1) is 32.8. The lowest BCUT2D eigenvalue weighted by Gasteiger charge is -2.44. The molecule has 6 heterocycles. The summed E-state index contributed by atoms with van der Waals surface area (Å²) >= 11 is 10.4. The second kappa shape index (κ2) is 12.5. The first-order valence-electron chi connectivity index (χ1n) is 14.3. The molecule has 4 unspecified atom stereocenters. The number of rotatable bonds is 3. The second-order valence-corrected chi connectivity index (χ2v) is 15.2. The molecule has 4 atom stereocenters. The number of amides is 1. The average molecular weight is 712 g/mol. The lowest BCUT2D eigenvalue weighted by atomic mass is 10.00. The highest BCUT2D eigenvalue weighted by Gasteiger charge is 2.44. The molecule has 0 spiro atoms. The van der Waals surface area contributed by atoms with Crippen molar-refractivity contribution in [2.75, 3.05) is 23.7 Å². The number of thiophene rings is 1. The zero-order valence-electron chi connectivity index (χ0n) is 24.9. The molecule has 9 nitrogen and oxygen atoms in total. The highest BCUT2D eigenvalue weighted by atomic mass is 35.5. The molecule has 3 aliphatic rings. The lowest BCUT2D eigenvalue weighted by Crippen LogP contribution is -2.58. The largest absolute Gasteiger partial charge is 0.417 e. The van der Waals surface area contributed by atoms with E-state index in [1.54, 1.807) is 39.6 Å². The number of H-pyrrole nitrogens is 1. The van der Waals surface area contributed by atoms with Crippen LogP contribution < -0.4 is 16.1 Å². The Bertz CT molecular complexity index is 1940. The summed E-state index contributed by atoms with van der Waals surface area (Å²) in [6.07, 6.45) is -3.39. The van der Waals surface area contributed by atoms with E-state index in [2.05, 4.69) is 21.2 Å². The second-order valence-electron chi connectivity index (χ2n) is 11.4. The van der Waals surface area contributed by atoms with Crippen LogP contribution in [0.5, 0.6) is 0 Å². The van der Waals surface area contributed by atoms with Crippen LogP contribution in [0.2, 0.25) is 5.02 Å². The van der Waals surface area contributed by atoms with Crippen molar-refractivity contribution in [1.29, 1.82) is 0 Å². The number of alkyl halides is 3. The molecule has 1 aromatic carbocycles. The van der Waals surface area contributed by atoms with Gasteiger partial charge in [-0.15, -0.1) is 34.9 Å². The molecule has 2 fully saturated rings. The lowest BCUT2D eigenvalue weighted by molar-refractivity contribution is -0.137. The minimum atomic E-state index is -4.65. The molecule has 3 aliphatic heterocycles. The molecular formula is C30H29ClF3N5O4S3. The van der Waals surface area contributed by atoms with Gasteiger partial charge in [-0.2, -0.15) is 23.3 Å². The maximum Gasteiger partial charge on any atom is 0.417 e. The number of halogens is 4. The van der Waals surface area contributed by atoms with E-state index in [0.717, 1.165) is 17.4 Å². The maximum absolute atomic E-state index is 14.7. The Morgan fingerprint density at radius 3 is 2.41 bits per heavy atom. The summed E-state index contributed by atoms with van der Waals surface area (Å²) in [7, 11) is 0. The van der Waals surface area contributed by atoms with Gasteiger partial charge in [0.2, 0.25) is 5.91 Å². The number of nitrogens with zero attached hydrogens (tertiary/aromatic N) is 4. The van der Waals surface area contributed by atoms with Gasteiger partial charge in [0.1, 0.15) is 11.6 Å². The number of hydrogen-bond acceptors (Lipinski definition) is 9. The van der Waals surface area contributed by atoms with Crippen LogP contribution in [0.15, 0.2) is 55.2 Å². The number of nitrogens with one attached hydrogen (secondary N) is 1. The van der Waals surface area contributed by atoms with Gasteiger partial charge >= 0.3 is 11.9 Å². The van der Waals surface area contributed by atoms with Gasteiger partial charge in [0.05, 0.1) is 16.1 Å². The van der Waals surface area contributed by atoms with Crippen LogP contribution in [-0.2, 0) is 17.5 Å². The maximum atomic E-state index is 14.7. The first-order chi connectivity index (χ1) is 21.8. The van der Waals surface area contributed by atoms with Crippen molar-refractivity contribution >= 4 is 69.1 Å². The molecule has 4 aromatic rings. The number of piperazine rings is 1. The number of hydrogen-bond donors (Lipinski definition) is 1. The highest BCUT2D eigenvalue weighted by molar-refractivity contribution is 8.09. The predicted octanol–water partition coefficient (Wildman–Crippen LogP) is 6.27. The van der Waals surface area contributed by atoms with E-state index in [0.29, 0.717) is 56.8 Å². The van der Waals surface area contributed by atoms with Gasteiger partial charge in [-0.1, -0.05) is 18.2 Å². The van der Waals surface area contributed by atoms with Crippen molar-refractivity contribution < 1.29 is 22.5 Å². The molecule has 0 aliphatic carbocycles. The number of anilines is 1. The summed E-state index contributed by atoms with van der Waals surface area (Å²) in [6, 6.07) is 3.57. The third kappa shape index (κ3) is 6.26. The van der Waals surface area contributed by atoms with Crippen molar-refractivity contribution in [1.82, 2.24) is 19.6 Å². The van der Waals surface area contributed by atoms with Crippen LogP contribution in [0.4, 0.5) is 19.0 Å². The third-order valence-corrected chi connectivity index (χ3v) is 12.1. The number of fused-ring (bicyclic) bond motifs is 1. The average Bonchev–Trinajstić information content (AvgIpc) is 3.35. The van der Waals surface area contributed by atoms with Crippen molar-refractivity contribution in [3.8, 4) is 10.4 Å². The van der Waals surface area contributed by atoms with Crippen molar-refractivity contribution in [2.24, 2.45) is 0 Å². The number of aryl methyl sites for hydroxylation is 1. The molecule has 16 heteroatoms. The summed E-state index contributed by atoms with van der Waals surface area (Å²) in [6.45, 7) is 10.1. The van der Waals surface area contributed by atoms with Gasteiger partial charge in [-0.05, 0) is 39.0 Å². The summed E-state index contributed by atoms with van der Waals surface area (Å²) < 4.78 is 50.3. The molecule has 0 saturated carbocycles. The van der Waals surface area contributed by atoms with Gasteiger partial charge in [0.25, 0.3) is 5.56 Å². The smallest absolute Gasteiger partial charge is 0.384 e. The SMILES string of the molecule is C=CC(=O)N1C(C)CN(c2nc(=O)n3c4c(c(-c5cc(Cl)cs5)c(C(F)(F)F)cc24)SCC2SC2C3)CC1C.Cc1cc(=O)[nH]o1. The number of carbonyl (C=O) groups is 1. The monoisotopic (exact) mass is 711 g/mol. The Labute approximate surface area is 278 Å². The van der Waals surface area contributed by atoms with E-state index >= 15 is 0 Å². The fraction of sp³-hybridized carbons (Fsp3) is 0.400. The molecule has 0 radical (unpaired) electrons. The summed E-state index contributed by atoms with van der Waals surface area (Å²) in [5.74, 6) is 1.28. The fourth-order valence-corrected chi connectivity index (χ4v) is 10.0. The van der Waals surface area contributed by atoms with E-state index in [9.17, 15) is 27.6 Å². The molecule has 2 saturated heterocycles. The van der Waals surface area contributed by atoms with Crippen LogP contribution in [-0.4, -0.2) is 66.9 Å². The van der Waals surface area contributed by atoms with E-state index in [1.807, 2.05) is 18.7 Å².